The molecular formula is C19H22N4O6. The maximum absolute atomic E-state index is 12.6. The van der Waals surface area contributed by atoms with Crippen molar-refractivity contribution in [2.45, 2.75) is 13.0 Å². The van der Waals surface area contributed by atoms with E-state index in [9.17, 15) is 19.7 Å². The topological polar surface area (TPSA) is 118 Å². The Hall–Kier alpha value is -3.40. The first-order valence-electron chi connectivity index (χ1n) is 9.11. The quantitative estimate of drug-likeness (QED) is 0.580. The van der Waals surface area contributed by atoms with Gasteiger partial charge in [-0.15, -0.1) is 0 Å². The molecule has 0 radical (unpaired) electrons. The Labute approximate surface area is 167 Å². The van der Waals surface area contributed by atoms with Crippen molar-refractivity contribution >= 4 is 23.2 Å². The zero-order valence-electron chi connectivity index (χ0n) is 16.2. The van der Waals surface area contributed by atoms with Gasteiger partial charge in [-0.05, 0) is 31.2 Å². The number of benzene rings is 1. The molecule has 1 aromatic carbocycles. The summed E-state index contributed by atoms with van der Waals surface area (Å²) >= 11 is 0. The lowest BCUT2D eigenvalue weighted by atomic mass is 10.2. The molecule has 1 aromatic heterocycles. The van der Waals surface area contributed by atoms with Gasteiger partial charge < -0.3 is 19.4 Å². The van der Waals surface area contributed by atoms with E-state index in [-0.39, 0.29) is 28.9 Å². The first-order valence-corrected chi connectivity index (χ1v) is 9.11. The van der Waals surface area contributed by atoms with Gasteiger partial charge in [0.25, 0.3) is 11.6 Å². The number of hydrogen-bond acceptors (Lipinski definition) is 7. The second kappa shape index (κ2) is 8.74. The molecule has 1 saturated heterocycles. The predicted octanol–water partition coefficient (Wildman–Crippen LogP) is 1.98. The summed E-state index contributed by atoms with van der Waals surface area (Å²) in [5.41, 5.74) is -0.127. The maximum Gasteiger partial charge on any atom is 0.296 e. The summed E-state index contributed by atoms with van der Waals surface area (Å²) in [4.78, 5) is 39.3. The summed E-state index contributed by atoms with van der Waals surface area (Å²) in [5.74, 6) is 0.0841. The van der Waals surface area contributed by atoms with Crippen LogP contribution in [0.25, 0.3) is 0 Å². The first-order chi connectivity index (χ1) is 13.9. The van der Waals surface area contributed by atoms with E-state index in [0.717, 1.165) is 0 Å². The highest BCUT2D eigenvalue weighted by Gasteiger charge is 2.29. The monoisotopic (exact) mass is 402 g/mol. The Morgan fingerprint density at radius 2 is 1.97 bits per heavy atom. The molecule has 0 saturated carbocycles. The Morgan fingerprint density at radius 3 is 2.55 bits per heavy atom. The number of carbonyl (C=O) groups excluding carboxylic acids is 2. The van der Waals surface area contributed by atoms with Gasteiger partial charge in [0.15, 0.2) is 5.76 Å². The molecule has 0 unspecified atom stereocenters. The minimum absolute atomic E-state index is 0.110. The van der Waals surface area contributed by atoms with Crippen LogP contribution in [-0.4, -0.2) is 65.9 Å². The average molecular weight is 402 g/mol. The van der Waals surface area contributed by atoms with Crippen molar-refractivity contribution < 1.29 is 23.7 Å². The van der Waals surface area contributed by atoms with Crippen LogP contribution in [0.2, 0.25) is 0 Å². The standard InChI is InChI=1S/C19H22N4O6/c1-13(18(24)20-15-6-5-14(28-2)12-16(15)23(26)27)21-7-9-22(10-8-21)19(25)17-4-3-11-29-17/h3-6,11-13H,7-10H2,1-2H3,(H,20,24)/t13-/m1/s1. The number of piperazine rings is 1. The fourth-order valence-corrected chi connectivity index (χ4v) is 3.17. The number of nitro groups is 1. The molecule has 1 N–H and O–H groups in total. The van der Waals surface area contributed by atoms with E-state index >= 15 is 0 Å². The summed E-state index contributed by atoms with van der Waals surface area (Å²) in [6, 6.07) is 7.02. The van der Waals surface area contributed by atoms with Crippen LogP contribution in [0.3, 0.4) is 0 Å². The zero-order valence-corrected chi connectivity index (χ0v) is 16.2. The van der Waals surface area contributed by atoms with Crippen molar-refractivity contribution in [1.82, 2.24) is 9.80 Å². The van der Waals surface area contributed by atoms with Crippen molar-refractivity contribution in [2.75, 3.05) is 38.6 Å². The number of nitrogens with zero attached hydrogens (tertiary/aromatic N) is 3. The molecule has 2 aromatic rings. The summed E-state index contributed by atoms with van der Waals surface area (Å²) in [5, 5.41) is 13.9. The number of amides is 2. The third-order valence-electron chi connectivity index (χ3n) is 4.92. The predicted molar refractivity (Wildman–Crippen MR) is 104 cm³/mol. The minimum Gasteiger partial charge on any atom is -0.496 e. The van der Waals surface area contributed by atoms with Gasteiger partial charge in [0.05, 0.1) is 30.4 Å². The van der Waals surface area contributed by atoms with Crippen LogP contribution in [0.15, 0.2) is 41.0 Å². The molecule has 29 heavy (non-hydrogen) atoms. The summed E-state index contributed by atoms with van der Waals surface area (Å²) in [6.45, 7) is 3.66. The first kappa shape index (κ1) is 20.3. The SMILES string of the molecule is COc1ccc(NC(=O)[C@@H](C)N2CCN(C(=O)c3ccco3)CC2)c([N+](=O)[O-])c1. The van der Waals surface area contributed by atoms with E-state index < -0.39 is 11.0 Å². The van der Waals surface area contributed by atoms with E-state index in [4.69, 9.17) is 9.15 Å². The summed E-state index contributed by atoms with van der Waals surface area (Å²) in [6.07, 6.45) is 1.45. The molecule has 0 spiro atoms. The molecule has 0 bridgehead atoms. The smallest absolute Gasteiger partial charge is 0.296 e. The van der Waals surface area contributed by atoms with E-state index in [1.165, 1.54) is 25.5 Å². The van der Waals surface area contributed by atoms with Crippen LogP contribution in [0.1, 0.15) is 17.5 Å². The van der Waals surface area contributed by atoms with Crippen molar-refractivity contribution in [3.05, 3.63) is 52.5 Å². The fraction of sp³-hybridized carbons (Fsp3) is 0.368. The van der Waals surface area contributed by atoms with Gasteiger partial charge in [0.1, 0.15) is 11.4 Å². The fourth-order valence-electron chi connectivity index (χ4n) is 3.17. The summed E-state index contributed by atoms with van der Waals surface area (Å²) in [7, 11) is 1.41. The number of furan rings is 1. The minimum atomic E-state index is -0.568. The summed E-state index contributed by atoms with van der Waals surface area (Å²) < 4.78 is 10.1. The maximum atomic E-state index is 12.6. The van der Waals surface area contributed by atoms with Gasteiger partial charge >= 0.3 is 0 Å². The molecule has 2 heterocycles. The van der Waals surface area contributed by atoms with Crippen molar-refractivity contribution in [2.24, 2.45) is 0 Å². The van der Waals surface area contributed by atoms with Crippen molar-refractivity contribution in [3.63, 3.8) is 0 Å². The van der Waals surface area contributed by atoms with Crippen LogP contribution in [0, 0.1) is 10.1 Å². The van der Waals surface area contributed by atoms with Crippen LogP contribution < -0.4 is 10.1 Å². The third kappa shape index (κ3) is 4.54. The second-order valence-electron chi connectivity index (χ2n) is 6.61. The molecule has 10 nitrogen and oxygen atoms in total. The molecule has 2 amide bonds. The lowest BCUT2D eigenvalue weighted by Crippen LogP contribution is -2.54. The molecule has 154 valence electrons. The van der Waals surface area contributed by atoms with Gasteiger partial charge in [-0.1, -0.05) is 0 Å². The lowest BCUT2D eigenvalue weighted by Gasteiger charge is -2.37. The van der Waals surface area contributed by atoms with Gasteiger partial charge in [-0.3, -0.25) is 24.6 Å². The van der Waals surface area contributed by atoms with Gasteiger partial charge in [-0.25, -0.2) is 0 Å². The zero-order chi connectivity index (χ0) is 21.0. The van der Waals surface area contributed by atoms with E-state index in [1.54, 1.807) is 30.0 Å². The Morgan fingerprint density at radius 1 is 1.24 bits per heavy atom. The van der Waals surface area contributed by atoms with E-state index in [2.05, 4.69) is 5.32 Å². The molecular weight excluding hydrogens is 380 g/mol. The van der Waals surface area contributed by atoms with Gasteiger partial charge in [0.2, 0.25) is 5.91 Å². The largest absolute Gasteiger partial charge is 0.496 e. The normalized spacial score (nSPS) is 15.6. The van der Waals surface area contributed by atoms with Crippen LogP contribution in [0.5, 0.6) is 5.75 Å². The number of nitro benzene ring substituents is 1. The molecule has 1 aliphatic rings. The molecule has 1 fully saturated rings. The van der Waals surface area contributed by atoms with E-state index in [1.807, 2.05) is 4.90 Å². The number of hydrogen-bond donors (Lipinski definition) is 1. The highest BCUT2D eigenvalue weighted by molar-refractivity contribution is 5.96. The highest BCUT2D eigenvalue weighted by atomic mass is 16.6. The highest BCUT2D eigenvalue weighted by Crippen LogP contribution is 2.29. The molecule has 10 heteroatoms. The number of methoxy groups -OCH3 is 1. The Bertz CT molecular complexity index is 890. The Balaban J connectivity index is 1.60. The van der Waals surface area contributed by atoms with Crippen molar-refractivity contribution in [1.29, 1.82) is 0 Å². The van der Waals surface area contributed by atoms with Crippen LogP contribution >= 0.6 is 0 Å². The molecule has 1 aliphatic heterocycles. The number of anilines is 1. The second-order valence-corrected chi connectivity index (χ2v) is 6.61. The van der Waals surface area contributed by atoms with E-state index in [0.29, 0.717) is 31.9 Å². The molecule has 1 atom stereocenters. The Kier molecular flexibility index (Phi) is 6.13. The lowest BCUT2D eigenvalue weighted by molar-refractivity contribution is -0.384. The van der Waals surface area contributed by atoms with Crippen molar-refractivity contribution in [3.8, 4) is 5.75 Å². The third-order valence-corrected chi connectivity index (χ3v) is 4.92. The van der Waals surface area contributed by atoms with Crippen LogP contribution in [0.4, 0.5) is 11.4 Å². The molecule has 3 rings (SSSR count). The number of rotatable bonds is 6. The number of nitrogens with one attached hydrogen (secondary N) is 1. The number of ether oxygens (including phenoxy) is 1. The van der Waals surface area contributed by atoms with Gasteiger partial charge in [-0.2, -0.15) is 0 Å². The number of carbonyl (C=O) groups is 2. The molecule has 0 aliphatic carbocycles. The van der Waals surface area contributed by atoms with Crippen LogP contribution in [-0.2, 0) is 4.79 Å². The average Bonchev–Trinajstić information content (AvgIpc) is 3.27. The van der Waals surface area contributed by atoms with Gasteiger partial charge in [0, 0.05) is 26.2 Å².